The number of aromatic hydroxyl groups is 1. The number of amides is 2. The number of hydrogen-bond acceptors (Lipinski definition) is 5. The Morgan fingerprint density at radius 1 is 1.30 bits per heavy atom. The maximum absolute atomic E-state index is 11.8. The Bertz CT molecular complexity index is 1050. The lowest BCUT2D eigenvalue weighted by Gasteiger charge is -2.33. The second-order valence-corrected chi connectivity index (χ2v) is 9.45. The van der Waals surface area contributed by atoms with Gasteiger partial charge in [0.25, 0.3) is 0 Å². The number of carbonyl (C=O) groups is 1. The molecule has 3 heterocycles. The van der Waals surface area contributed by atoms with E-state index in [0.717, 1.165) is 43.6 Å². The summed E-state index contributed by atoms with van der Waals surface area (Å²) in [5.74, 6) is 2.34. The third-order valence-corrected chi connectivity index (χ3v) is 7.65. The number of nitrogens with zero attached hydrogens (tertiary/aromatic N) is 2. The number of aromatic amines is 1. The number of aromatic nitrogens is 2. The predicted octanol–water partition coefficient (Wildman–Crippen LogP) is 3.21. The van der Waals surface area contributed by atoms with Gasteiger partial charge in [-0.15, -0.1) is 0 Å². The average molecular weight is 451 g/mol. The molecule has 4 unspecified atom stereocenters. The predicted molar refractivity (Wildman–Crippen MR) is 128 cm³/mol. The van der Waals surface area contributed by atoms with Crippen molar-refractivity contribution >= 4 is 11.6 Å². The topological polar surface area (TPSA) is 105 Å². The van der Waals surface area contributed by atoms with Crippen molar-refractivity contribution in [2.24, 2.45) is 5.92 Å². The van der Waals surface area contributed by atoms with Crippen LogP contribution >= 0.6 is 0 Å². The lowest BCUT2D eigenvalue weighted by Crippen LogP contribution is -2.40. The third kappa shape index (κ3) is 4.25. The summed E-state index contributed by atoms with van der Waals surface area (Å²) in [5.41, 5.74) is 12.0. The number of benzene rings is 1. The number of urea groups is 1. The largest absolute Gasteiger partial charge is 0.508 e. The van der Waals surface area contributed by atoms with Crippen LogP contribution in [0.4, 0.5) is 4.79 Å². The Morgan fingerprint density at radius 3 is 2.94 bits per heavy atom. The van der Waals surface area contributed by atoms with Crippen molar-refractivity contribution in [2.45, 2.75) is 57.0 Å². The molecule has 33 heavy (non-hydrogen) atoms. The summed E-state index contributed by atoms with van der Waals surface area (Å²) in [6.07, 6.45) is 9.17. The SMILES string of the molecule is CCc1cc(O)ccc1C1CCC2C(C1)NNC2c1ncc(C2=CCN(C(=O)NC)CC2)[nH]1. The Hall–Kier alpha value is -2.84. The van der Waals surface area contributed by atoms with Crippen LogP contribution in [0.1, 0.15) is 67.2 Å². The van der Waals surface area contributed by atoms with E-state index in [9.17, 15) is 9.90 Å². The van der Waals surface area contributed by atoms with Crippen molar-refractivity contribution in [1.29, 1.82) is 0 Å². The van der Waals surface area contributed by atoms with E-state index in [-0.39, 0.29) is 12.1 Å². The van der Waals surface area contributed by atoms with Crippen molar-refractivity contribution in [2.75, 3.05) is 20.1 Å². The molecule has 0 bridgehead atoms. The molecule has 0 radical (unpaired) electrons. The van der Waals surface area contributed by atoms with Crippen molar-refractivity contribution in [3.8, 4) is 5.75 Å². The molecule has 2 aliphatic heterocycles. The van der Waals surface area contributed by atoms with Gasteiger partial charge in [-0.2, -0.15) is 0 Å². The fourth-order valence-corrected chi connectivity index (χ4v) is 5.83. The van der Waals surface area contributed by atoms with Gasteiger partial charge in [0.05, 0.1) is 17.9 Å². The molecule has 0 spiro atoms. The molecule has 8 heteroatoms. The number of hydrazine groups is 1. The molecular weight excluding hydrogens is 416 g/mol. The molecule has 1 aromatic heterocycles. The highest BCUT2D eigenvalue weighted by molar-refractivity contribution is 5.76. The van der Waals surface area contributed by atoms with Crippen LogP contribution < -0.4 is 16.2 Å². The van der Waals surface area contributed by atoms with E-state index in [1.807, 2.05) is 23.2 Å². The number of fused-ring (bicyclic) bond motifs is 1. The third-order valence-electron chi connectivity index (χ3n) is 7.65. The minimum absolute atomic E-state index is 0.0307. The Balaban J connectivity index is 1.25. The molecule has 3 aliphatic rings. The second kappa shape index (κ2) is 9.19. The van der Waals surface area contributed by atoms with E-state index in [2.05, 4.69) is 40.2 Å². The maximum atomic E-state index is 11.8. The van der Waals surface area contributed by atoms with E-state index in [4.69, 9.17) is 4.98 Å². The Labute approximate surface area is 194 Å². The molecule has 4 atom stereocenters. The maximum Gasteiger partial charge on any atom is 0.317 e. The van der Waals surface area contributed by atoms with Gasteiger partial charge < -0.3 is 20.3 Å². The standard InChI is InChI=1S/C25H34N6O2/c1-3-15-12-18(32)5-7-19(15)17-4-6-20-21(13-17)29-30-23(20)24-27-14-22(28-24)16-8-10-31(11-9-16)25(33)26-2/h5,7-8,12,14,17,20-21,23,29-30,32H,3-4,6,9-11,13H2,1-2H3,(H,26,33)(H,27,28). The Kier molecular flexibility index (Phi) is 6.12. The number of nitrogens with one attached hydrogen (secondary N) is 4. The second-order valence-electron chi connectivity index (χ2n) is 9.45. The normalized spacial score (nSPS) is 27.2. The van der Waals surface area contributed by atoms with Gasteiger partial charge in [0, 0.05) is 26.2 Å². The first-order valence-corrected chi connectivity index (χ1v) is 12.1. The van der Waals surface area contributed by atoms with Crippen molar-refractivity contribution in [3.05, 3.63) is 53.1 Å². The van der Waals surface area contributed by atoms with E-state index in [0.29, 0.717) is 36.7 Å². The van der Waals surface area contributed by atoms with Crippen LogP contribution in [0.25, 0.3) is 5.57 Å². The highest BCUT2D eigenvalue weighted by Crippen LogP contribution is 2.44. The Morgan fingerprint density at radius 2 is 2.18 bits per heavy atom. The van der Waals surface area contributed by atoms with Crippen LogP contribution in [0.3, 0.4) is 0 Å². The fraction of sp³-hybridized carbons (Fsp3) is 0.520. The van der Waals surface area contributed by atoms with Crippen molar-refractivity contribution in [3.63, 3.8) is 0 Å². The van der Waals surface area contributed by atoms with Crippen LogP contribution in [0.2, 0.25) is 0 Å². The summed E-state index contributed by atoms with van der Waals surface area (Å²) in [5, 5.41) is 12.6. The molecule has 1 saturated heterocycles. The number of aryl methyl sites for hydroxylation is 1. The highest BCUT2D eigenvalue weighted by Gasteiger charge is 2.42. The van der Waals surface area contributed by atoms with Crippen LogP contribution in [-0.4, -0.2) is 52.2 Å². The lowest BCUT2D eigenvalue weighted by molar-refractivity contribution is 0.205. The highest BCUT2D eigenvalue weighted by atomic mass is 16.3. The molecule has 5 N–H and O–H groups in total. The molecule has 1 aliphatic carbocycles. The number of hydrogen-bond donors (Lipinski definition) is 5. The molecule has 176 valence electrons. The summed E-state index contributed by atoms with van der Waals surface area (Å²) in [4.78, 5) is 21.9. The zero-order valence-corrected chi connectivity index (χ0v) is 19.4. The summed E-state index contributed by atoms with van der Waals surface area (Å²) in [6.45, 7) is 3.49. The zero-order valence-electron chi connectivity index (χ0n) is 19.4. The van der Waals surface area contributed by atoms with Gasteiger partial charge in [0.1, 0.15) is 11.6 Å². The van der Waals surface area contributed by atoms with Gasteiger partial charge in [-0.3, -0.25) is 5.43 Å². The van der Waals surface area contributed by atoms with Crippen LogP contribution in [0.15, 0.2) is 30.5 Å². The number of carbonyl (C=O) groups excluding carboxylic acids is 1. The molecule has 1 saturated carbocycles. The quantitative estimate of drug-likeness (QED) is 0.492. The molecule has 8 nitrogen and oxygen atoms in total. The number of rotatable bonds is 4. The first-order valence-electron chi connectivity index (χ1n) is 12.1. The first kappa shape index (κ1) is 22.0. The molecule has 1 aromatic carbocycles. The van der Waals surface area contributed by atoms with E-state index >= 15 is 0 Å². The minimum Gasteiger partial charge on any atom is -0.508 e. The molecule has 2 amide bonds. The van der Waals surface area contributed by atoms with Gasteiger partial charge in [-0.1, -0.05) is 19.1 Å². The molecular formula is C25H34N6O2. The van der Waals surface area contributed by atoms with Gasteiger partial charge in [-0.25, -0.2) is 15.2 Å². The van der Waals surface area contributed by atoms with E-state index in [1.165, 1.54) is 16.7 Å². The van der Waals surface area contributed by atoms with Gasteiger partial charge in [0.15, 0.2) is 0 Å². The molecule has 2 fully saturated rings. The number of imidazole rings is 1. The van der Waals surface area contributed by atoms with Crippen LogP contribution in [-0.2, 0) is 6.42 Å². The van der Waals surface area contributed by atoms with Gasteiger partial charge in [-0.05, 0) is 72.8 Å². The van der Waals surface area contributed by atoms with E-state index < -0.39 is 0 Å². The lowest BCUT2D eigenvalue weighted by atomic mass is 9.73. The first-order chi connectivity index (χ1) is 16.1. The summed E-state index contributed by atoms with van der Waals surface area (Å²) in [6, 6.07) is 6.39. The van der Waals surface area contributed by atoms with Crippen LogP contribution in [0.5, 0.6) is 5.75 Å². The zero-order chi connectivity index (χ0) is 22.9. The van der Waals surface area contributed by atoms with E-state index in [1.54, 1.807) is 7.05 Å². The number of H-pyrrole nitrogens is 1. The summed E-state index contributed by atoms with van der Waals surface area (Å²) in [7, 11) is 1.67. The minimum atomic E-state index is -0.0307. The monoisotopic (exact) mass is 450 g/mol. The summed E-state index contributed by atoms with van der Waals surface area (Å²) < 4.78 is 0. The van der Waals surface area contributed by atoms with Crippen molar-refractivity contribution < 1.29 is 9.90 Å². The van der Waals surface area contributed by atoms with Crippen LogP contribution in [0, 0.1) is 5.92 Å². The van der Waals surface area contributed by atoms with Crippen molar-refractivity contribution in [1.82, 2.24) is 31.0 Å². The smallest absolute Gasteiger partial charge is 0.317 e. The fourth-order valence-electron chi connectivity index (χ4n) is 5.83. The summed E-state index contributed by atoms with van der Waals surface area (Å²) >= 11 is 0. The number of phenolic OH excluding ortho intramolecular Hbond substituents is 1. The molecule has 5 rings (SSSR count). The molecule has 2 aromatic rings. The number of phenols is 1. The van der Waals surface area contributed by atoms with Gasteiger partial charge >= 0.3 is 6.03 Å². The van der Waals surface area contributed by atoms with Gasteiger partial charge in [0.2, 0.25) is 0 Å². The average Bonchev–Trinajstić information content (AvgIpc) is 3.50.